The molecule has 0 spiro atoms. The fraction of sp³-hybridized carbons (Fsp3) is 0.571. The second kappa shape index (κ2) is 16.8. The lowest BCUT2D eigenvalue weighted by molar-refractivity contribution is -0.0956. The van der Waals surface area contributed by atoms with Gasteiger partial charge in [0.05, 0.1) is 4.90 Å². The molecule has 0 saturated carbocycles. The summed E-state index contributed by atoms with van der Waals surface area (Å²) >= 11 is 0. The normalized spacial score (nSPS) is 12.1. The molecule has 0 aromatic heterocycles. The van der Waals surface area contributed by atoms with Crippen molar-refractivity contribution in [2.24, 2.45) is 0 Å². The highest BCUT2D eigenvalue weighted by molar-refractivity contribution is 7.86. The van der Waals surface area contributed by atoms with Crippen LogP contribution in [0.25, 0.3) is 0 Å². The van der Waals surface area contributed by atoms with Gasteiger partial charge >= 0.3 is 10.1 Å². The predicted octanol–water partition coefficient (Wildman–Crippen LogP) is 7.66. The summed E-state index contributed by atoms with van der Waals surface area (Å²) in [5, 5.41) is 0. The Bertz CT molecular complexity index is 1110. The molecule has 0 aliphatic heterocycles. The van der Waals surface area contributed by atoms with Crippen molar-refractivity contribution in [2.75, 3.05) is 0 Å². The maximum Gasteiger partial charge on any atom is 0.332 e. The molecule has 0 saturated heterocycles. The van der Waals surface area contributed by atoms with E-state index < -0.39 is 25.1 Å². The van der Waals surface area contributed by atoms with Gasteiger partial charge in [-0.05, 0) is 36.6 Å². The smallest absolute Gasteiger partial charge is 0.319 e. The highest BCUT2D eigenvalue weighted by atomic mass is 32.2. The van der Waals surface area contributed by atoms with Gasteiger partial charge < -0.3 is 4.89 Å². The Morgan fingerprint density at radius 3 is 1.68 bits per heavy atom. The Morgan fingerprint density at radius 1 is 0.649 bits per heavy atom. The van der Waals surface area contributed by atoms with Gasteiger partial charge in [0.15, 0.2) is 5.75 Å². The van der Waals surface area contributed by atoms with Crippen LogP contribution in [0.4, 0.5) is 0 Å². The minimum Gasteiger partial charge on any atom is -0.319 e. The first-order valence-corrected chi connectivity index (χ1v) is 16.4. The SMILES string of the molecule is CCCCCCCCCCCCCCCCc1cccc(OOS(=O)(=O)c2ccccc2)c1S(=O)(=O)O. The third-order valence-electron chi connectivity index (χ3n) is 6.36. The molecule has 0 fully saturated rings. The first kappa shape index (κ1) is 31.3. The highest BCUT2D eigenvalue weighted by Crippen LogP contribution is 2.30. The van der Waals surface area contributed by atoms with E-state index in [1.54, 1.807) is 18.2 Å². The van der Waals surface area contributed by atoms with Gasteiger partial charge in [0.25, 0.3) is 10.1 Å². The molecule has 2 rings (SSSR count). The fourth-order valence-corrected chi connectivity index (χ4v) is 5.92. The van der Waals surface area contributed by atoms with Crippen molar-refractivity contribution < 1.29 is 30.6 Å². The summed E-state index contributed by atoms with van der Waals surface area (Å²) < 4.78 is 63.2. The number of unbranched alkanes of at least 4 members (excludes halogenated alkanes) is 13. The molecule has 1 N–H and O–H groups in total. The molecule has 208 valence electrons. The van der Waals surface area contributed by atoms with Crippen LogP contribution in [-0.2, 0) is 31.0 Å². The molecule has 9 heteroatoms. The summed E-state index contributed by atoms with van der Waals surface area (Å²) in [6.45, 7) is 2.24. The van der Waals surface area contributed by atoms with Gasteiger partial charge in [0.2, 0.25) is 0 Å². The van der Waals surface area contributed by atoms with E-state index >= 15 is 0 Å². The average molecular weight is 555 g/mol. The zero-order chi connectivity index (χ0) is 27.0. The van der Waals surface area contributed by atoms with Crippen molar-refractivity contribution in [1.82, 2.24) is 0 Å². The molecule has 0 amide bonds. The Kier molecular flexibility index (Phi) is 14.2. The molecule has 2 aromatic carbocycles. The van der Waals surface area contributed by atoms with Crippen molar-refractivity contribution in [3.63, 3.8) is 0 Å². The van der Waals surface area contributed by atoms with Crippen LogP contribution < -0.4 is 4.89 Å². The van der Waals surface area contributed by atoms with Crippen LogP contribution in [-0.4, -0.2) is 21.4 Å². The van der Waals surface area contributed by atoms with E-state index in [0.717, 1.165) is 25.7 Å². The van der Waals surface area contributed by atoms with E-state index in [2.05, 4.69) is 11.3 Å². The molecule has 37 heavy (non-hydrogen) atoms. The van der Waals surface area contributed by atoms with Crippen molar-refractivity contribution in [3.8, 4) is 5.75 Å². The van der Waals surface area contributed by atoms with Gasteiger partial charge in [-0.25, -0.2) is 0 Å². The third-order valence-corrected chi connectivity index (χ3v) is 8.44. The van der Waals surface area contributed by atoms with Crippen LogP contribution in [0, 0.1) is 0 Å². The van der Waals surface area contributed by atoms with Crippen LogP contribution in [0.5, 0.6) is 5.75 Å². The minimum absolute atomic E-state index is 0.137. The first-order valence-electron chi connectivity index (χ1n) is 13.5. The maximum absolute atomic E-state index is 12.3. The quantitative estimate of drug-likeness (QED) is 0.0775. The van der Waals surface area contributed by atoms with E-state index in [1.807, 2.05) is 0 Å². The summed E-state index contributed by atoms with van der Waals surface area (Å²) in [6.07, 6.45) is 17.4. The van der Waals surface area contributed by atoms with Crippen molar-refractivity contribution in [3.05, 3.63) is 54.1 Å². The first-order chi connectivity index (χ1) is 17.8. The molecule has 7 nitrogen and oxygen atoms in total. The molecule has 0 aliphatic carbocycles. The molecular weight excluding hydrogens is 512 g/mol. The third kappa shape index (κ3) is 12.0. The zero-order valence-corrected chi connectivity index (χ0v) is 23.6. The van der Waals surface area contributed by atoms with Crippen molar-refractivity contribution in [2.45, 2.75) is 113 Å². The summed E-state index contributed by atoms with van der Waals surface area (Å²) in [4.78, 5) is 4.32. The lowest BCUT2D eigenvalue weighted by Crippen LogP contribution is -2.12. The monoisotopic (exact) mass is 554 g/mol. The second-order valence-corrected chi connectivity index (χ2v) is 12.4. The van der Waals surface area contributed by atoms with Crippen molar-refractivity contribution in [1.29, 1.82) is 0 Å². The van der Waals surface area contributed by atoms with Crippen LogP contribution in [0.2, 0.25) is 0 Å². The lowest BCUT2D eigenvalue weighted by Gasteiger charge is -2.12. The zero-order valence-electron chi connectivity index (χ0n) is 21.9. The number of hydrogen-bond acceptors (Lipinski definition) is 6. The second-order valence-electron chi connectivity index (χ2n) is 9.48. The summed E-state index contributed by atoms with van der Waals surface area (Å²) in [5.74, 6) is -0.370. The van der Waals surface area contributed by atoms with E-state index in [0.29, 0.717) is 12.0 Å². The molecule has 0 aliphatic rings. The highest BCUT2D eigenvalue weighted by Gasteiger charge is 2.24. The van der Waals surface area contributed by atoms with Gasteiger partial charge in [0, 0.05) is 0 Å². The Hall–Kier alpha value is -1.94. The topological polar surface area (TPSA) is 107 Å². The maximum atomic E-state index is 12.3. The van der Waals surface area contributed by atoms with E-state index in [1.165, 1.54) is 94.5 Å². The number of aryl methyl sites for hydroxylation is 1. The Morgan fingerprint density at radius 2 is 1.16 bits per heavy atom. The molecule has 0 atom stereocenters. The average Bonchev–Trinajstić information content (AvgIpc) is 2.87. The number of rotatable bonds is 20. The lowest BCUT2D eigenvalue weighted by atomic mass is 10.0. The van der Waals surface area contributed by atoms with Crippen LogP contribution in [0.3, 0.4) is 0 Å². The number of hydrogen-bond donors (Lipinski definition) is 1. The largest absolute Gasteiger partial charge is 0.332 e. The molecule has 0 bridgehead atoms. The Labute approximate surface area is 223 Å². The summed E-state index contributed by atoms with van der Waals surface area (Å²) in [6, 6.07) is 11.7. The standard InChI is InChI=1S/C28H42O7S2/c1-2-3-4-5-6-7-8-9-10-11-12-13-14-16-20-25-21-19-24-27(28(25)36(29,30)31)34-35-37(32,33)26-22-17-15-18-23-26/h15,17-19,21-24H,2-14,16,20H2,1H3,(H,29,30,31). The van der Waals surface area contributed by atoms with Gasteiger partial charge in [0.1, 0.15) is 4.90 Å². The van der Waals surface area contributed by atoms with Crippen molar-refractivity contribution >= 4 is 20.2 Å². The molecule has 0 heterocycles. The fourth-order valence-electron chi connectivity index (χ4n) is 4.33. The minimum atomic E-state index is -4.67. The van der Waals surface area contributed by atoms with Gasteiger partial charge in [-0.15, -0.1) is 0 Å². The Balaban J connectivity index is 1.76. The van der Waals surface area contributed by atoms with Crippen LogP contribution in [0.15, 0.2) is 58.3 Å². The number of benzene rings is 2. The summed E-state index contributed by atoms with van der Waals surface area (Å²) in [7, 11) is -8.94. The summed E-state index contributed by atoms with van der Waals surface area (Å²) in [5.41, 5.74) is 0.361. The molecular formula is C28H42O7S2. The van der Waals surface area contributed by atoms with Gasteiger partial charge in [-0.2, -0.15) is 16.8 Å². The predicted molar refractivity (Wildman–Crippen MR) is 146 cm³/mol. The molecule has 2 aromatic rings. The molecule has 0 radical (unpaired) electrons. The van der Waals surface area contributed by atoms with E-state index in [4.69, 9.17) is 4.89 Å². The van der Waals surface area contributed by atoms with E-state index in [9.17, 15) is 21.4 Å². The van der Waals surface area contributed by atoms with Crippen LogP contribution >= 0.6 is 0 Å². The van der Waals surface area contributed by atoms with Gasteiger partial charge in [-0.1, -0.05) is 125 Å². The molecule has 0 unspecified atom stereocenters. The van der Waals surface area contributed by atoms with Gasteiger partial charge in [-0.3, -0.25) is 4.55 Å². The van der Waals surface area contributed by atoms with Crippen LogP contribution in [0.1, 0.15) is 102 Å². The van der Waals surface area contributed by atoms with E-state index in [-0.39, 0.29) is 10.6 Å².